The SMILES string of the molecule is CO[C@@H]1CC2(C)CN(c3nc(OC[C@@]45CCCN4C[C@H](F)C5)nc4c(F)c(-c5cc(O)cc6cccc(C)c56)c(F)cc34)CC1(C)N2. The lowest BCUT2D eigenvalue weighted by atomic mass is 9.93. The van der Waals surface area contributed by atoms with Crippen molar-refractivity contribution in [1.29, 1.82) is 0 Å². The third kappa shape index (κ3) is 4.84. The molecule has 47 heavy (non-hydrogen) atoms. The van der Waals surface area contributed by atoms with Crippen LogP contribution in [-0.4, -0.2) is 88.8 Å². The molecule has 8 nitrogen and oxygen atoms in total. The molecule has 4 aliphatic heterocycles. The summed E-state index contributed by atoms with van der Waals surface area (Å²) in [7, 11) is 1.70. The van der Waals surface area contributed by atoms with Crippen molar-refractivity contribution in [3.05, 3.63) is 53.6 Å². The van der Waals surface area contributed by atoms with Crippen LogP contribution in [0.3, 0.4) is 0 Å². The fourth-order valence-corrected chi connectivity index (χ4v) is 9.22. The van der Waals surface area contributed by atoms with Crippen molar-refractivity contribution in [3.8, 4) is 22.9 Å². The van der Waals surface area contributed by atoms with Crippen molar-refractivity contribution in [2.75, 3.05) is 44.8 Å². The van der Waals surface area contributed by atoms with Gasteiger partial charge in [-0.15, -0.1) is 0 Å². The molecule has 4 fully saturated rings. The van der Waals surface area contributed by atoms with Gasteiger partial charge in [0.05, 0.1) is 22.7 Å². The topological polar surface area (TPSA) is 83.0 Å². The molecule has 0 aliphatic carbocycles. The smallest absolute Gasteiger partial charge is 0.319 e. The van der Waals surface area contributed by atoms with E-state index in [4.69, 9.17) is 14.5 Å². The molecule has 0 radical (unpaired) electrons. The highest BCUT2D eigenvalue weighted by Gasteiger charge is 2.55. The molecule has 248 valence electrons. The highest BCUT2D eigenvalue weighted by atomic mass is 19.1. The van der Waals surface area contributed by atoms with Gasteiger partial charge in [0.2, 0.25) is 0 Å². The first-order valence-corrected chi connectivity index (χ1v) is 16.4. The average Bonchev–Trinajstić information content (AvgIpc) is 3.59. The number of anilines is 1. The highest BCUT2D eigenvalue weighted by molar-refractivity contribution is 6.03. The van der Waals surface area contributed by atoms with Gasteiger partial charge in [-0.1, -0.05) is 18.2 Å². The molecule has 4 aromatic rings. The predicted octanol–water partition coefficient (Wildman–Crippen LogP) is 6.04. The Labute approximate surface area is 271 Å². The van der Waals surface area contributed by atoms with Crippen LogP contribution in [0.1, 0.15) is 45.1 Å². The number of aryl methyl sites for hydroxylation is 1. The van der Waals surface area contributed by atoms with Crippen molar-refractivity contribution >= 4 is 27.5 Å². The molecule has 5 atom stereocenters. The van der Waals surface area contributed by atoms with Crippen LogP contribution in [0.25, 0.3) is 32.8 Å². The summed E-state index contributed by atoms with van der Waals surface area (Å²) in [6, 6.07) is 9.75. The van der Waals surface area contributed by atoms with Crippen LogP contribution in [0.15, 0.2) is 36.4 Å². The number of aromatic nitrogens is 2. The third-order valence-corrected chi connectivity index (χ3v) is 11.1. The zero-order valence-corrected chi connectivity index (χ0v) is 27.2. The van der Waals surface area contributed by atoms with E-state index in [1.807, 2.05) is 24.0 Å². The Balaban J connectivity index is 1.30. The van der Waals surface area contributed by atoms with E-state index in [1.54, 1.807) is 19.2 Å². The van der Waals surface area contributed by atoms with E-state index >= 15 is 8.78 Å². The number of hydrogen-bond acceptors (Lipinski definition) is 8. The summed E-state index contributed by atoms with van der Waals surface area (Å²) in [6.07, 6.45) is 1.90. The summed E-state index contributed by atoms with van der Waals surface area (Å²) in [5.41, 5.74) is -0.518. The number of benzene rings is 3. The second-order valence-electron chi connectivity index (χ2n) is 14.7. The van der Waals surface area contributed by atoms with Gasteiger partial charge in [0.1, 0.15) is 35.7 Å². The van der Waals surface area contributed by atoms with E-state index in [2.05, 4.69) is 29.0 Å². The summed E-state index contributed by atoms with van der Waals surface area (Å²) in [4.78, 5) is 13.6. The molecule has 2 N–H and O–H groups in total. The fraction of sp³-hybridized carbons (Fsp3) is 0.500. The van der Waals surface area contributed by atoms with Crippen molar-refractivity contribution in [2.24, 2.45) is 0 Å². The molecule has 2 unspecified atom stereocenters. The minimum Gasteiger partial charge on any atom is -0.508 e. The molecule has 3 aromatic carbocycles. The van der Waals surface area contributed by atoms with Crippen LogP contribution in [0.4, 0.5) is 19.0 Å². The lowest BCUT2D eigenvalue weighted by molar-refractivity contribution is 0.0575. The lowest BCUT2D eigenvalue weighted by Crippen LogP contribution is -2.65. The molecule has 4 saturated heterocycles. The number of piperazine rings is 1. The van der Waals surface area contributed by atoms with Gasteiger partial charge in [0.25, 0.3) is 0 Å². The molecule has 2 bridgehead atoms. The van der Waals surface area contributed by atoms with Gasteiger partial charge >= 0.3 is 6.01 Å². The van der Waals surface area contributed by atoms with E-state index in [-0.39, 0.29) is 52.0 Å². The molecule has 11 heteroatoms. The number of nitrogens with zero attached hydrogens (tertiary/aromatic N) is 4. The van der Waals surface area contributed by atoms with Crippen LogP contribution in [0, 0.1) is 18.6 Å². The summed E-state index contributed by atoms with van der Waals surface area (Å²) in [5, 5.41) is 15.8. The second-order valence-corrected chi connectivity index (χ2v) is 14.7. The Morgan fingerprint density at radius 2 is 1.94 bits per heavy atom. The number of ether oxygens (including phenoxy) is 2. The zero-order valence-electron chi connectivity index (χ0n) is 27.2. The summed E-state index contributed by atoms with van der Waals surface area (Å²) in [5.74, 6) is -1.37. The quantitative estimate of drug-likeness (QED) is 0.262. The Bertz CT molecular complexity index is 1930. The highest BCUT2D eigenvalue weighted by Crippen LogP contribution is 2.45. The van der Waals surface area contributed by atoms with Crippen LogP contribution in [0.2, 0.25) is 0 Å². The van der Waals surface area contributed by atoms with Gasteiger partial charge < -0.3 is 24.8 Å². The van der Waals surface area contributed by atoms with Gasteiger partial charge in [0, 0.05) is 44.1 Å². The Morgan fingerprint density at radius 3 is 2.74 bits per heavy atom. The first-order valence-electron chi connectivity index (χ1n) is 16.4. The Kier molecular flexibility index (Phi) is 6.96. The largest absolute Gasteiger partial charge is 0.508 e. The van der Waals surface area contributed by atoms with Gasteiger partial charge in [-0.05, 0) is 86.7 Å². The number of phenolic OH excluding ortho intramolecular Hbond substituents is 1. The fourth-order valence-electron chi connectivity index (χ4n) is 9.22. The van der Waals surface area contributed by atoms with Gasteiger partial charge in [-0.25, -0.2) is 13.2 Å². The normalized spacial score (nSPS) is 30.5. The van der Waals surface area contributed by atoms with E-state index in [0.29, 0.717) is 42.6 Å². The van der Waals surface area contributed by atoms with Gasteiger partial charge in [-0.3, -0.25) is 4.90 Å². The zero-order chi connectivity index (χ0) is 32.9. The molecular formula is C36H40F3N5O3. The number of nitrogens with one attached hydrogen (secondary N) is 1. The first-order chi connectivity index (χ1) is 22.4. The Hall–Kier alpha value is -3.67. The number of hydrogen-bond donors (Lipinski definition) is 2. The number of phenols is 1. The Morgan fingerprint density at radius 1 is 1.11 bits per heavy atom. The maximum Gasteiger partial charge on any atom is 0.319 e. The number of halogens is 3. The number of rotatable bonds is 6. The minimum atomic E-state index is -0.929. The van der Waals surface area contributed by atoms with Crippen molar-refractivity contribution < 1.29 is 27.8 Å². The summed E-state index contributed by atoms with van der Waals surface area (Å²) in [6.45, 7) is 8.44. The van der Waals surface area contributed by atoms with Crippen molar-refractivity contribution in [3.63, 3.8) is 0 Å². The summed E-state index contributed by atoms with van der Waals surface area (Å²) >= 11 is 0. The van der Waals surface area contributed by atoms with Crippen LogP contribution < -0.4 is 15.0 Å². The van der Waals surface area contributed by atoms with E-state index in [1.165, 1.54) is 12.1 Å². The maximum absolute atomic E-state index is 17.0. The number of fused-ring (bicyclic) bond motifs is 5. The second kappa shape index (κ2) is 10.7. The van der Waals surface area contributed by atoms with Crippen LogP contribution in [0.5, 0.6) is 11.8 Å². The van der Waals surface area contributed by atoms with E-state index in [9.17, 15) is 9.50 Å². The van der Waals surface area contributed by atoms with Crippen molar-refractivity contribution in [1.82, 2.24) is 20.2 Å². The van der Waals surface area contributed by atoms with Crippen LogP contribution >= 0.6 is 0 Å². The predicted molar refractivity (Wildman–Crippen MR) is 175 cm³/mol. The molecule has 4 aliphatic rings. The standard InChI is InChI=1S/C36H40F3N5O3/c1-20-7-5-8-21-11-23(45)12-24(28(20)21)29-26(38)13-25-31(30(29)39)40-33(47-19-36-9-6-10-44(36)16-22(37)14-36)41-32(25)43-17-34(2)15-27(46-4)35(3,18-43)42-34/h5,7-8,11-13,22,27,42,45H,6,9-10,14-19H2,1-4H3/t22-,27-,34?,35?,36+/m1/s1. The number of alkyl halides is 1. The maximum atomic E-state index is 17.0. The van der Waals surface area contributed by atoms with E-state index in [0.717, 1.165) is 31.4 Å². The monoisotopic (exact) mass is 647 g/mol. The number of aromatic hydroxyl groups is 1. The molecular weight excluding hydrogens is 607 g/mol. The van der Waals surface area contributed by atoms with E-state index < -0.39 is 28.9 Å². The summed E-state index contributed by atoms with van der Waals surface area (Å²) < 4.78 is 60.1. The van der Waals surface area contributed by atoms with Gasteiger partial charge in [0.15, 0.2) is 5.82 Å². The molecule has 0 amide bonds. The first kappa shape index (κ1) is 30.7. The lowest BCUT2D eigenvalue weighted by Gasteiger charge is -2.45. The molecule has 0 spiro atoms. The molecule has 5 heterocycles. The minimum absolute atomic E-state index is 0.0334. The molecule has 0 saturated carbocycles. The average molecular weight is 648 g/mol. The molecule has 1 aromatic heterocycles. The molecule has 8 rings (SSSR count). The number of methoxy groups -OCH3 is 1. The van der Waals surface area contributed by atoms with Crippen molar-refractivity contribution in [2.45, 2.75) is 75.3 Å². The van der Waals surface area contributed by atoms with Gasteiger partial charge in [-0.2, -0.15) is 9.97 Å². The third-order valence-electron chi connectivity index (χ3n) is 11.1. The van der Waals surface area contributed by atoms with Crippen LogP contribution in [-0.2, 0) is 4.74 Å².